The second-order valence-corrected chi connectivity index (χ2v) is 14.3. The van der Waals surface area contributed by atoms with Gasteiger partial charge in [-0.1, -0.05) is 87.3 Å². The summed E-state index contributed by atoms with van der Waals surface area (Å²) in [5.41, 5.74) is 1.91. The van der Waals surface area contributed by atoms with Crippen molar-refractivity contribution in [2.45, 2.75) is 13.2 Å². The third kappa shape index (κ3) is 11.2. The molecule has 11 heteroatoms. The zero-order valence-electron chi connectivity index (χ0n) is 10.2. The molecule has 0 aliphatic heterocycles. The third-order valence-electron chi connectivity index (χ3n) is 1.67. The Kier molecular flexibility index (Phi) is 9.53. The van der Waals surface area contributed by atoms with Gasteiger partial charge in [0.1, 0.15) is 0 Å². The van der Waals surface area contributed by atoms with Crippen LogP contribution >= 0.6 is 113 Å². The van der Waals surface area contributed by atoms with Crippen LogP contribution in [0.4, 0.5) is 5.69 Å². The lowest BCUT2D eigenvalue weighted by molar-refractivity contribution is 1.44. The van der Waals surface area contributed by atoms with Crippen LogP contribution in [0.25, 0.3) is 0 Å². The third-order valence-corrected chi connectivity index (χ3v) is 9.80. The Morgan fingerprint density at radius 2 is 1.29 bits per heavy atom. The van der Waals surface area contributed by atoms with Gasteiger partial charge in [0.05, 0.1) is 5.69 Å². The van der Waals surface area contributed by atoms with E-state index in [1.807, 2.05) is 31.2 Å². The number of hydrogen-bond acceptors (Lipinski definition) is 5. The van der Waals surface area contributed by atoms with E-state index in [0.717, 1.165) is 32.8 Å². The van der Waals surface area contributed by atoms with Gasteiger partial charge in [-0.2, -0.15) is 0 Å². The number of aliphatic imine (C=N–C) groups is 1. The molecule has 0 saturated carbocycles. The first-order valence-electron chi connectivity index (χ1n) is 5.05. The number of rotatable bonds is 3. The van der Waals surface area contributed by atoms with Gasteiger partial charge in [-0.05, 0) is 62.2 Å². The fraction of sp³-hybridized carbons (Fsp3) is 0.300. The predicted octanol–water partition coefficient (Wildman–Crippen LogP) is 8.40. The highest BCUT2D eigenvalue weighted by molar-refractivity contribution is 8.96. The Labute approximate surface area is 169 Å². The van der Waals surface area contributed by atoms with E-state index in [1.54, 1.807) is 0 Å². The van der Waals surface area contributed by atoms with Gasteiger partial charge >= 0.3 is 0 Å². The number of hydrogen-bond donors (Lipinski definition) is 0. The first-order valence-corrected chi connectivity index (χ1v) is 11.6. The van der Waals surface area contributed by atoms with Crippen molar-refractivity contribution >= 4 is 123 Å². The molecule has 1 rings (SSSR count). The largest absolute Gasteiger partial charge is 0.247 e. The van der Waals surface area contributed by atoms with Gasteiger partial charge in [0.2, 0.25) is 6.25 Å². The molecule has 0 bridgehead atoms. The van der Waals surface area contributed by atoms with Gasteiger partial charge < -0.3 is 0 Å². The molecule has 0 radical (unpaired) electrons. The van der Waals surface area contributed by atoms with Crippen LogP contribution in [0.1, 0.15) is 5.56 Å². The molecule has 0 unspecified atom stereocenters. The van der Waals surface area contributed by atoms with Crippen LogP contribution in [0.15, 0.2) is 29.3 Å². The summed E-state index contributed by atoms with van der Waals surface area (Å²) in [6, 6.07) is 7.68. The van der Waals surface area contributed by atoms with Crippen LogP contribution in [-0.4, -0.2) is 10.6 Å². The van der Waals surface area contributed by atoms with E-state index in [9.17, 15) is 0 Å². The van der Waals surface area contributed by atoms with E-state index in [0.29, 0.717) is 4.38 Å². The van der Waals surface area contributed by atoms with Crippen molar-refractivity contribution in [1.29, 1.82) is 0 Å². The highest BCUT2D eigenvalue weighted by Gasteiger charge is 2.26. The second-order valence-electron chi connectivity index (χ2n) is 3.44. The van der Waals surface area contributed by atoms with E-state index in [2.05, 4.69) is 4.99 Å². The zero-order valence-corrected chi connectivity index (χ0v) is 18.0. The summed E-state index contributed by atoms with van der Waals surface area (Å²) in [7, 11) is 4.48. The quantitative estimate of drug-likeness (QED) is 0.186. The fourth-order valence-corrected chi connectivity index (χ4v) is 6.20. The summed E-state index contributed by atoms with van der Waals surface area (Å²) >= 11 is 34.3. The first-order chi connectivity index (χ1) is 9.55. The monoisotopic (exact) mass is 479 g/mol. The first kappa shape index (κ1) is 21.1. The van der Waals surface area contributed by atoms with E-state index in [-0.39, 0.29) is 0 Å². The Morgan fingerprint density at radius 1 is 0.857 bits per heavy atom. The maximum Gasteiger partial charge on any atom is 0.247 e. The van der Waals surface area contributed by atoms with Crippen LogP contribution in [0, 0.1) is 6.92 Å². The van der Waals surface area contributed by atoms with E-state index in [1.165, 1.54) is 21.6 Å². The molecule has 0 fully saturated rings. The Hall–Kier alpha value is 2.03. The molecule has 1 aromatic carbocycles. The summed E-state index contributed by atoms with van der Waals surface area (Å²) in [5.74, 6) is 0. The average molecular weight is 482 g/mol. The minimum absolute atomic E-state index is 0.603. The van der Waals surface area contributed by atoms with Crippen LogP contribution in [0.2, 0.25) is 0 Å². The highest BCUT2D eigenvalue weighted by Crippen LogP contribution is 2.53. The second kappa shape index (κ2) is 9.50. The molecule has 0 aliphatic carbocycles. The maximum absolute atomic E-state index is 5.71. The summed E-state index contributed by atoms with van der Waals surface area (Å²) < 4.78 is -2.31. The van der Waals surface area contributed by atoms with Crippen molar-refractivity contribution in [3.63, 3.8) is 0 Å². The van der Waals surface area contributed by atoms with Crippen LogP contribution in [0.3, 0.4) is 0 Å². The Balaban J connectivity index is 2.81. The van der Waals surface area contributed by atoms with Crippen molar-refractivity contribution in [2.24, 2.45) is 4.99 Å². The molecular formula is C10H7Cl6NS4. The van der Waals surface area contributed by atoms with Crippen molar-refractivity contribution in [2.75, 3.05) is 0 Å². The van der Waals surface area contributed by atoms with Gasteiger partial charge in [0.15, 0.2) is 4.38 Å². The minimum atomic E-state index is -1.45. The number of halogens is 6. The molecule has 0 aromatic heterocycles. The predicted molar refractivity (Wildman–Crippen MR) is 109 cm³/mol. The lowest BCUT2D eigenvalue weighted by Crippen LogP contribution is -1.94. The molecule has 0 N–H and O–H groups in total. The van der Waals surface area contributed by atoms with Crippen molar-refractivity contribution in [3.8, 4) is 0 Å². The molecule has 0 saturated heterocycles. The van der Waals surface area contributed by atoms with Crippen LogP contribution in [0.5, 0.6) is 0 Å². The fourth-order valence-electron chi connectivity index (χ4n) is 0.942. The van der Waals surface area contributed by atoms with Crippen LogP contribution < -0.4 is 0 Å². The lowest BCUT2D eigenvalue weighted by Gasteiger charge is -2.12. The maximum atomic E-state index is 5.71. The summed E-state index contributed by atoms with van der Waals surface area (Å²) in [6.07, 6.45) is 0. The average Bonchev–Trinajstić information content (AvgIpc) is 2.33. The summed E-state index contributed by atoms with van der Waals surface area (Å²) in [5, 5.41) is 0. The standard InChI is InChI=1S/C10H7Cl6NS4/c1-6-2-4-7(5-3-6)17-8(18-20-9(11,12)13)19-21-10(14,15)16/h2-5H,1H3. The molecule has 0 spiro atoms. The van der Waals surface area contributed by atoms with E-state index in [4.69, 9.17) is 69.6 Å². The Bertz CT molecular complexity index is 462. The van der Waals surface area contributed by atoms with Gasteiger partial charge in [0, 0.05) is 0 Å². The molecule has 118 valence electrons. The molecule has 0 heterocycles. The smallest absolute Gasteiger partial charge is 0.233 e. The normalized spacial score (nSPS) is 12.3. The highest BCUT2D eigenvalue weighted by atomic mass is 35.6. The lowest BCUT2D eigenvalue weighted by atomic mass is 10.2. The number of nitrogens with zero attached hydrogens (tertiary/aromatic N) is 1. The number of benzene rings is 1. The number of aryl methyl sites for hydroxylation is 1. The molecule has 1 aromatic rings. The zero-order chi connectivity index (χ0) is 16.1. The molecule has 0 atom stereocenters. The SMILES string of the molecule is Cc1ccc(N=C(SSC(Cl)(Cl)Cl)SSC(Cl)(Cl)Cl)cc1. The topological polar surface area (TPSA) is 12.4 Å². The minimum Gasteiger partial charge on any atom is -0.233 e. The van der Waals surface area contributed by atoms with Crippen LogP contribution in [-0.2, 0) is 0 Å². The van der Waals surface area contributed by atoms with Gasteiger partial charge in [-0.15, -0.1) is 0 Å². The molecule has 21 heavy (non-hydrogen) atoms. The summed E-state index contributed by atoms with van der Waals surface area (Å²) in [4.78, 5) is 4.45. The number of alkyl halides is 6. The van der Waals surface area contributed by atoms with Gasteiger partial charge in [-0.25, -0.2) is 4.99 Å². The van der Waals surface area contributed by atoms with Crippen molar-refractivity contribution in [1.82, 2.24) is 0 Å². The van der Waals surface area contributed by atoms with Gasteiger partial charge in [0.25, 0.3) is 0 Å². The van der Waals surface area contributed by atoms with Crippen molar-refractivity contribution in [3.05, 3.63) is 29.8 Å². The molecule has 0 aliphatic rings. The molecule has 1 nitrogen and oxygen atoms in total. The molecular weight excluding hydrogens is 475 g/mol. The van der Waals surface area contributed by atoms with Crippen molar-refractivity contribution < 1.29 is 0 Å². The van der Waals surface area contributed by atoms with E-state index >= 15 is 0 Å². The molecule has 0 amide bonds. The van der Waals surface area contributed by atoms with Gasteiger partial charge in [-0.3, -0.25) is 0 Å². The Morgan fingerprint density at radius 3 is 1.67 bits per heavy atom. The van der Waals surface area contributed by atoms with E-state index < -0.39 is 6.25 Å². The summed E-state index contributed by atoms with van der Waals surface area (Å²) in [6.45, 7) is 2.00.